The maximum absolute atomic E-state index is 11.5. The fourth-order valence-corrected chi connectivity index (χ4v) is 1.24. The molecular weight excluding hydrogens is 196 g/mol. The predicted octanol–water partition coefficient (Wildman–Crippen LogP) is 0.430. The van der Waals surface area contributed by atoms with Crippen molar-refractivity contribution in [1.29, 1.82) is 0 Å². The summed E-state index contributed by atoms with van der Waals surface area (Å²) in [5.74, 6) is -0.835. The second-order valence-electron chi connectivity index (χ2n) is 3.10. The van der Waals surface area contributed by atoms with Crippen LogP contribution in [0.2, 0.25) is 0 Å². The van der Waals surface area contributed by atoms with E-state index in [4.69, 9.17) is 9.84 Å². The molecule has 1 aromatic rings. The first kappa shape index (κ1) is 11.7. The zero-order chi connectivity index (χ0) is 11.3. The average molecular weight is 210 g/mol. The van der Waals surface area contributed by atoms with Crippen LogP contribution in [-0.4, -0.2) is 29.4 Å². The standard InChI is InChI=1S/C11H14O4/c1-2-15-10(13)11(14,8-12)9-6-4-3-5-7-9/h3-7,12,14H,2,8H2,1H3/t11-/m0/s1. The van der Waals surface area contributed by atoms with Crippen LogP contribution in [0.3, 0.4) is 0 Å². The van der Waals surface area contributed by atoms with Crippen molar-refractivity contribution in [3.8, 4) is 0 Å². The molecule has 0 spiro atoms. The van der Waals surface area contributed by atoms with E-state index in [2.05, 4.69) is 0 Å². The van der Waals surface area contributed by atoms with Gasteiger partial charge in [0.1, 0.15) is 0 Å². The summed E-state index contributed by atoms with van der Waals surface area (Å²) < 4.78 is 4.70. The van der Waals surface area contributed by atoms with E-state index in [1.54, 1.807) is 37.3 Å². The molecule has 0 aliphatic carbocycles. The third kappa shape index (κ3) is 2.34. The van der Waals surface area contributed by atoms with Gasteiger partial charge in [0.25, 0.3) is 0 Å². The van der Waals surface area contributed by atoms with Gasteiger partial charge in [-0.25, -0.2) is 4.79 Å². The maximum atomic E-state index is 11.5. The van der Waals surface area contributed by atoms with Crippen LogP contribution in [-0.2, 0) is 15.1 Å². The summed E-state index contributed by atoms with van der Waals surface area (Å²) in [6.07, 6.45) is 0. The Labute approximate surface area is 88.1 Å². The lowest BCUT2D eigenvalue weighted by molar-refractivity contribution is -0.170. The van der Waals surface area contributed by atoms with Crippen LogP contribution in [0.15, 0.2) is 30.3 Å². The minimum atomic E-state index is -1.96. The quantitative estimate of drug-likeness (QED) is 0.707. The van der Waals surface area contributed by atoms with E-state index in [1.807, 2.05) is 0 Å². The van der Waals surface area contributed by atoms with Gasteiger partial charge in [-0.3, -0.25) is 0 Å². The maximum Gasteiger partial charge on any atom is 0.345 e. The SMILES string of the molecule is CCOC(=O)[C@](O)(CO)c1ccccc1. The molecule has 1 atom stereocenters. The molecular formula is C11H14O4. The lowest BCUT2D eigenvalue weighted by Gasteiger charge is -2.23. The fourth-order valence-electron chi connectivity index (χ4n) is 1.24. The summed E-state index contributed by atoms with van der Waals surface area (Å²) in [5.41, 5.74) is -1.64. The van der Waals surface area contributed by atoms with Gasteiger partial charge < -0.3 is 14.9 Å². The van der Waals surface area contributed by atoms with Crippen LogP contribution in [0.1, 0.15) is 12.5 Å². The molecule has 0 heterocycles. The highest BCUT2D eigenvalue weighted by molar-refractivity contribution is 5.81. The molecule has 4 nitrogen and oxygen atoms in total. The highest BCUT2D eigenvalue weighted by atomic mass is 16.6. The van der Waals surface area contributed by atoms with Gasteiger partial charge in [-0.15, -0.1) is 0 Å². The summed E-state index contributed by atoms with van der Waals surface area (Å²) in [6.45, 7) is 1.10. The molecule has 82 valence electrons. The summed E-state index contributed by atoms with van der Waals surface area (Å²) in [4.78, 5) is 11.5. The Morgan fingerprint density at radius 3 is 2.47 bits per heavy atom. The molecule has 0 aliphatic rings. The number of esters is 1. The van der Waals surface area contributed by atoms with Gasteiger partial charge in [0.15, 0.2) is 0 Å². The molecule has 1 aromatic carbocycles. The first-order chi connectivity index (χ1) is 7.15. The van der Waals surface area contributed by atoms with Gasteiger partial charge >= 0.3 is 5.97 Å². The van der Waals surface area contributed by atoms with Crippen molar-refractivity contribution in [1.82, 2.24) is 0 Å². The predicted molar refractivity (Wildman–Crippen MR) is 54.1 cm³/mol. The molecule has 0 aromatic heterocycles. The Hall–Kier alpha value is -1.39. The van der Waals surface area contributed by atoms with E-state index in [-0.39, 0.29) is 6.61 Å². The van der Waals surface area contributed by atoms with E-state index in [0.29, 0.717) is 5.56 Å². The molecule has 0 saturated carbocycles. The molecule has 4 heteroatoms. The summed E-state index contributed by atoms with van der Waals surface area (Å²) in [5, 5.41) is 19.1. The van der Waals surface area contributed by atoms with E-state index in [1.165, 1.54) is 0 Å². The van der Waals surface area contributed by atoms with Crippen LogP contribution in [0, 0.1) is 0 Å². The molecule has 0 fully saturated rings. The van der Waals surface area contributed by atoms with E-state index < -0.39 is 18.2 Å². The van der Waals surface area contributed by atoms with Gasteiger partial charge in [0.2, 0.25) is 5.60 Å². The van der Waals surface area contributed by atoms with Crippen LogP contribution < -0.4 is 0 Å². The largest absolute Gasteiger partial charge is 0.464 e. The number of hydrogen-bond donors (Lipinski definition) is 2. The van der Waals surface area contributed by atoms with E-state index in [9.17, 15) is 9.90 Å². The highest BCUT2D eigenvalue weighted by Crippen LogP contribution is 2.21. The molecule has 15 heavy (non-hydrogen) atoms. The Morgan fingerprint density at radius 1 is 1.40 bits per heavy atom. The smallest absolute Gasteiger partial charge is 0.345 e. The second-order valence-corrected chi connectivity index (χ2v) is 3.10. The molecule has 0 bridgehead atoms. The lowest BCUT2D eigenvalue weighted by atomic mass is 9.95. The zero-order valence-corrected chi connectivity index (χ0v) is 8.51. The Morgan fingerprint density at radius 2 is 2.00 bits per heavy atom. The number of aliphatic hydroxyl groups is 2. The van der Waals surface area contributed by atoms with Crippen LogP contribution in [0.25, 0.3) is 0 Å². The topological polar surface area (TPSA) is 66.8 Å². The van der Waals surface area contributed by atoms with E-state index in [0.717, 1.165) is 0 Å². The third-order valence-electron chi connectivity index (χ3n) is 2.09. The number of carbonyl (C=O) groups is 1. The molecule has 0 saturated heterocycles. The minimum absolute atomic E-state index is 0.161. The number of carbonyl (C=O) groups excluding carboxylic acids is 1. The average Bonchev–Trinajstić information content (AvgIpc) is 2.29. The van der Waals surface area contributed by atoms with Crippen LogP contribution in [0.5, 0.6) is 0 Å². The normalized spacial score (nSPS) is 14.3. The van der Waals surface area contributed by atoms with Crippen molar-refractivity contribution in [2.45, 2.75) is 12.5 Å². The van der Waals surface area contributed by atoms with Gasteiger partial charge in [-0.05, 0) is 12.5 Å². The Balaban J connectivity index is 3.00. The zero-order valence-electron chi connectivity index (χ0n) is 8.51. The molecule has 2 N–H and O–H groups in total. The third-order valence-corrected chi connectivity index (χ3v) is 2.09. The summed E-state index contributed by atoms with van der Waals surface area (Å²) >= 11 is 0. The molecule has 0 unspecified atom stereocenters. The van der Waals surface area contributed by atoms with Gasteiger partial charge in [0, 0.05) is 0 Å². The monoisotopic (exact) mass is 210 g/mol. The number of hydrogen-bond acceptors (Lipinski definition) is 4. The minimum Gasteiger partial charge on any atom is -0.464 e. The Bertz CT molecular complexity index is 323. The van der Waals surface area contributed by atoms with Gasteiger partial charge in [-0.2, -0.15) is 0 Å². The van der Waals surface area contributed by atoms with Crippen molar-refractivity contribution in [3.63, 3.8) is 0 Å². The first-order valence-electron chi connectivity index (χ1n) is 4.71. The first-order valence-corrected chi connectivity index (χ1v) is 4.71. The van der Waals surface area contributed by atoms with Crippen molar-refractivity contribution in [3.05, 3.63) is 35.9 Å². The lowest BCUT2D eigenvalue weighted by Crippen LogP contribution is -2.40. The molecule has 0 radical (unpaired) electrons. The van der Waals surface area contributed by atoms with Crippen molar-refractivity contribution < 1.29 is 19.7 Å². The molecule has 0 aliphatic heterocycles. The van der Waals surface area contributed by atoms with Crippen molar-refractivity contribution in [2.24, 2.45) is 0 Å². The van der Waals surface area contributed by atoms with E-state index >= 15 is 0 Å². The van der Waals surface area contributed by atoms with Gasteiger partial charge in [0.05, 0.1) is 13.2 Å². The van der Waals surface area contributed by atoms with Gasteiger partial charge in [-0.1, -0.05) is 30.3 Å². The van der Waals surface area contributed by atoms with Crippen LogP contribution in [0.4, 0.5) is 0 Å². The number of benzene rings is 1. The molecule has 0 amide bonds. The Kier molecular flexibility index (Phi) is 3.82. The van der Waals surface area contributed by atoms with Crippen molar-refractivity contribution >= 4 is 5.97 Å². The summed E-state index contributed by atoms with van der Waals surface area (Å²) in [6, 6.07) is 8.23. The second kappa shape index (κ2) is 4.91. The highest BCUT2D eigenvalue weighted by Gasteiger charge is 2.38. The summed E-state index contributed by atoms with van der Waals surface area (Å²) in [7, 11) is 0. The fraction of sp³-hybridized carbons (Fsp3) is 0.364. The number of aliphatic hydroxyl groups excluding tert-OH is 1. The molecule has 1 rings (SSSR count). The number of rotatable bonds is 4. The van der Waals surface area contributed by atoms with Crippen molar-refractivity contribution in [2.75, 3.05) is 13.2 Å². The number of ether oxygens (including phenoxy) is 1. The van der Waals surface area contributed by atoms with Crippen LogP contribution >= 0.6 is 0 Å².